The maximum Gasteiger partial charge on any atom is 0.0409 e. The highest BCUT2D eigenvalue weighted by Crippen LogP contribution is 2.34. The molecule has 0 aromatic heterocycles. The summed E-state index contributed by atoms with van der Waals surface area (Å²) in [7, 11) is 2.17. The van der Waals surface area contributed by atoms with Gasteiger partial charge in [-0.3, -0.25) is 0 Å². The van der Waals surface area contributed by atoms with Crippen LogP contribution in [0, 0.1) is 0 Å². The van der Waals surface area contributed by atoms with Crippen molar-refractivity contribution in [3.05, 3.63) is 70.2 Å². The maximum absolute atomic E-state index is 6.15. The Labute approximate surface area is 113 Å². The topological polar surface area (TPSA) is 3.24 Å². The number of hydrogen-bond donors (Lipinski definition) is 0. The van der Waals surface area contributed by atoms with Gasteiger partial charge in [0.2, 0.25) is 0 Å². The average molecular weight is 258 g/mol. The molecule has 0 saturated heterocycles. The number of halogens is 1. The Kier molecular flexibility index (Phi) is 3.11. The van der Waals surface area contributed by atoms with Crippen LogP contribution >= 0.6 is 11.6 Å². The van der Waals surface area contributed by atoms with Crippen molar-refractivity contribution >= 4 is 11.6 Å². The third-order valence-corrected chi connectivity index (χ3v) is 3.85. The Morgan fingerprint density at radius 1 is 1.11 bits per heavy atom. The van der Waals surface area contributed by atoms with Gasteiger partial charge in [0, 0.05) is 24.0 Å². The molecule has 0 amide bonds. The second-order valence-electron chi connectivity index (χ2n) is 5.00. The van der Waals surface area contributed by atoms with E-state index >= 15 is 0 Å². The van der Waals surface area contributed by atoms with E-state index in [0.717, 1.165) is 18.1 Å². The molecule has 1 atom stereocenters. The number of benzene rings is 2. The van der Waals surface area contributed by atoms with E-state index < -0.39 is 0 Å². The van der Waals surface area contributed by atoms with Crippen molar-refractivity contribution in [3.8, 4) is 0 Å². The van der Waals surface area contributed by atoms with E-state index in [4.69, 9.17) is 11.6 Å². The smallest absolute Gasteiger partial charge is 0.0409 e. The lowest BCUT2D eigenvalue weighted by Gasteiger charge is -2.32. The fourth-order valence-corrected chi connectivity index (χ4v) is 2.95. The molecule has 92 valence electrons. The van der Waals surface area contributed by atoms with Crippen molar-refractivity contribution in [2.75, 3.05) is 13.6 Å². The van der Waals surface area contributed by atoms with Gasteiger partial charge in [-0.2, -0.15) is 0 Å². The van der Waals surface area contributed by atoms with Crippen LogP contribution in [0.3, 0.4) is 0 Å². The fourth-order valence-electron chi connectivity index (χ4n) is 2.77. The van der Waals surface area contributed by atoms with E-state index in [2.05, 4.69) is 54.4 Å². The van der Waals surface area contributed by atoms with Crippen molar-refractivity contribution in [2.45, 2.75) is 12.5 Å². The zero-order valence-corrected chi connectivity index (χ0v) is 11.2. The number of hydrogen-bond acceptors (Lipinski definition) is 1. The third-order valence-electron chi connectivity index (χ3n) is 3.62. The number of nitrogens with zero attached hydrogens (tertiary/aromatic N) is 1. The standard InChI is InChI=1S/C16H16ClN/c1-18-10-13-7-8-14(17)9-15(13)16(11-18)12-5-3-2-4-6-12/h2-9,16H,10-11H2,1H3. The lowest BCUT2D eigenvalue weighted by Crippen LogP contribution is -2.30. The molecule has 0 bridgehead atoms. The molecule has 1 unspecified atom stereocenters. The molecule has 18 heavy (non-hydrogen) atoms. The molecule has 1 heterocycles. The molecule has 0 N–H and O–H groups in total. The molecule has 2 aromatic rings. The van der Waals surface area contributed by atoms with Crippen LogP contribution in [0.25, 0.3) is 0 Å². The minimum atomic E-state index is 0.429. The van der Waals surface area contributed by atoms with Crippen LogP contribution in [0.5, 0.6) is 0 Å². The van der Waals surface area contributed by atoms with Gasteiger partial charge < -0.3 is 4.90 Å². The van der Waals surface area contributed by atoms with Crippen LogP contribution in [-0.2, 0) is 6.54 Å². The van der Waals surface area contributed by atoms with E-state index in [0.29, 0.717) is 5.92 Å². The fraction of sp³-hybridized carbons (Fsp3) is 0.250. The first-order chi connectivity index (χ1) is 8.74. The summed E-state index contributed by atoms with van der Waals surface area (Å²) in [5, 5.41) is 0.833. The molecule has 1 aliphatic heterocycles. The lowest BCUT2D eigenvalue weighted by atomic mass is 9.85. The first-order valence-electron chi connectivity index (χ1n) is 6.26. The lowest BCUT2D eigenvalue weighted by molar-refractivity contribution is 0.295. The number of rotatable bonds is 1. The van der Waals surface area contributed by atoms with Crippen LogP contribution in [0.2, 0.25) is 5.02 Å². The van der Waals surface area contributed by atoms with Crippen molar-refractivity contribution in [3.63, 3.8) is 0 Å². The molecule has 0 radical (unpaired) electrons. The molecule has 0 fully saturated rings. The zero-order chi connectivity index (χ0) is 12.5. The Balaban J connectivity index is 2.09. The van der Waals surface area contributed by atoms with Gasteiger partial charge in [-0.1, -0.05) is 48.0 Å². The van der Waals surface area contributed by atoms with Gasteiger partial charge in [0.1, 0.15) is 0 Å². The van der Waals surface area contributed by atoms with E-state index in [9.17, 15) is 0 Å². The highest BCUT2D eigenvalue weighted by Gasteiger charge is 2.24. The summed E-state index contributed by atoms with van der Waals surface area (Å²) < 4.78 is 0. The average Bonchev–Trinajstić information content (AvgIpc) is 2.39. The second kappa shape index (κ2) is 4.75. The summed E-state index contributed by atoms with van der Waals surface area (Å²) in [6.45, 7) is 2.06. The van der Waals surface area contributed by atoms with E-state index in [1.807, 2.05) is 6.07 Å². The molecular formula is C16H16ClN. The minimum Gasteiger partial charge on any atom is -0.301 e. The van der Waals surface area contributed by atoms with E-state index in [1.54, 1.807) is 0 Å². The molecule has 0 saturated carbocycles. The summed E-state index contributed by atoms with van der Waals surface area (Å²) in [6.07, 6.45) is 0. The Hall–Kier alpha value is -1.31. The molecule has 0 spiro atoms. The van der Waals surface area contributed by atoms with Gasteiger partial charge in [-0.25, -0.2) is 0 Å². The predicted molar refractivity (Wildman–Crippen MR) is 76.1 cm³/mol. The third kappa shape index (κ3) is 2.16. The Bertz CT molecular complexity index is 550. The van der Waals surface area contributed by atoms with Gasteiger partial charge in [-0.05, 0) is 35.9 Å². The predicted octanol–water partition coefficient (Wildman–Crippen LogP) is 3.92. The highest BCUT2D eigenvalue weighted by atomic mass is 35.5. The SMILES string of the molecule is CN1Cc2ccc(Cl)cc2C(c2ccccc2)C1. The van der Waals surface area contributed by atoms with E-state index in [1.165, 1.54) is 16.7 Å². The molecule has 0 aliphatic carbocycles. The first-order valence-corrected chi connectivity index (χ1v) is 6.63. The Morgan fingerprint density at radius 3 is 2.67 bits per heavy atom. The maximum atomic E-state index is 6.15. The van der Waals surface area contributed by atoms with Crippen LogP contribution in [0.15, 0.2) is 48.5 Å². The molecule has 2 heteroatoms. The number of likely N-dealkylation sites (N-methyl/N-ethyl adjacent to an activating group) is 1. The molecular weight excluding hydrogens is 242 g/mol. The molecule has 3 rings (SSSR count). The normalized spacial score (nSPS) is 19.6. The Morgan fingerprint density at radius 2 is 1.89 bits per heavy atom. The van der Waals surface area contributed by atoms with Crippen molar-refractivity contribution in [2.24, 2.45) is 0 Å². The quantitative estimate of drug-likeness (QED) is 0.749. The molecule has 1 aliphatic rings. The monoisotopic (exact) mass is 257 g/mol. The summed E-state index contributed by atoms with van der Waals surface area (Å²) in [4.78, 5) is 2.37. The summed E-state index contributed by atoms with van der Waals surface area (Å²) >= 11 is 6.15. The van der Waals surface area contributed by atoms with Gasteiger partial charge >= 0.3 is 0 Å². The van der Waals surface area contributed by atoms with Gasteiger partial charge in [0.05, 0.1) is 0 Å². The van der Waals surface area contributed by atoms with Crippen molar-refractivity contribution in [1.82, 2.24) is 4.90 Å². The summed E-state index contributed by atoms with van der Waals surface area (Å²) in [5.74, 6) is 0.429. The van der Waals surface area contributed by atoms with Gasteiger partial charge in [-0.15, -0.1) is 0 Å². The summed E-state index contributed by atoms with van der Waals surface area (Å²) in [6, 6.07) is 17.0. The molecule has 2 aromatic carbocycles. The van der Waals surface area contributed by atoms with Crippen LogP contribution < -0.4 is 0 Å². The van der Waals surface area contributed by atoms with Crippen LogP contribution in [0.4, 0.5) is 0 Å². The van der Waals surface area contributed by atoms with Crippen molar-refractivity contribution < 1.29 is 0 Å². The van der Waals surface area contributed by atoms with Gasteiger partial charge in [0.25, 0.3) is 0 Å². The second-order valence-corrected chi connectivity index (χ2v) is 5.44. The minimum absolute atomic E-state index is 0.429. The summed E-state index contributed by atoms with van der Waals surface area (Å²) in [5.41, 5.74) is 4.14. The van der Waals surface area contributed by atoms with Gasteiger partial charge in [0.15, 0.2) is 0 Å². The zero-order valence-electron chi connectivity index (χ0n) is 10.4. The first kappa shape index (κ1) is 11.8. The van der Waals surface area contributed by atoms with Crippen LogP contribution in [-0.4, -0.2) is 18.5 Å². The van der Waals surface area contributed by atoms with Crippen LogP contribution in [0.1, 0.15) is 22.6 Å². The van der Waals surface area contributed by atoms with E-state index in [-0.39, 0.29) is 0 Å². The highest BCUT2D eigenvalue weighted by molar-refractivity contribution is 6.30. The molecule has 1 nitrogen and oxygen atoms in total. The van der Waals surface area contributed by atoms with Crippen molar-refractivity contribution in [1.29, 1.82) is 0 Å². The largest absolute Gasteiger partial charge is 0.301 e. The number of fused-ring (bicyclic) bond motifs is 1.